The van der Waals surface area contributed by atoms with E-state index in [1.165, 1.54) is 0 Å². The van der Waals surface area contributed by atoms with Gasteiger partial charge in [0, 0.05) is 11.3 Å². The molecule has 4 rings (SSSR count). The highest BCUT2D eigenvalue weighted by atomic mass is 32.2. The molecule has 2 aliphatic rings. The van der Waals surface area contributed by atoms with Gasteiger partial charge < -0.3 is 15.5 Å². The number of tetrazole rings is 1. The zero-order valence-corrected chi connectivity index (χ0v) is 20.0. The van der Waals surface area contributed by atoms with Gasteiger partial charge in [-0.05, 0) is 16.0 Å². The molecule has 3 heterocycles. The number of carbonyl (C=O) groups is 3. The zero-order chi connectivity index (χ0) is 25.3. The molecule has 2 unspecified atom stereocenters. The van der Waals surface area contributed by atoms with Crippen LogP contribution in [0.1, 0.15) is 18.1 Å². The summed E-state index contributed by atoms with van der Waals surface area (Å²) in [4.78, 5) is 38.2. The quantitative estimate of drug-likeness (QED) is 0.178. The lowest BCUT2D eigenvalue weighted by atomic mass is 10.1. The minimum absolute atomic E-state index is 0.0451. The number of aliphatic carboxylic acids is 1. The van der Waals surface area contributed by atoms with Crippen molar-refractivity contribution in [3.8, 4) is 0 Å². The molecule has 0 spiro atoms. The third-order valence-corrected chi connectivity index (χ3v) is 7.98. The van der Waals surface area contributed by atoms with Crippen LogP contribution in [0.3, 0.4) is 0 Å². The first kappa shape index (κ1) is 25.1. The molecule has 2 amide bonds. The number of aliphatic hydroxyl groups is 1. The largest absolute Gasteiger partial charge is 0.477 e. The fourth-order valence-electron chi connectivity index (χ4n) is 3.46. The molecule has 1 fully saturated rings. The fourth-order valence-corrected chi connectivity index (χ4v) is 6.50. The second-order valence-corrected chi connectivity index (χ2v) is 11.1. The standard InChI is InChI=1S/C18H18N6O8S3/c25-11-6-12-24(11)13(17(28)29)10(7-33-18-20-21-22-23(18)8-35(30,31)32)16(34-12)19-15(27)14(26)9-4-2-1-3-5-9/h1-5,12,14,16,26H,6-8H2,(H,19,27)(H,28,29)(H,30,31,32)/t12-,14?,16?/m1/s1. The molecule has 4 N–H and O–H groups in total. The van der Waals surface area contributed by atoms with Gasteiger partial charge in [-0.15, -0.1) is 16.9 Å². The summed E-state index contributed by atoms with van der Waals surface area (Å²) in [6, 6.07) is 8.16. The third-order valence-electron chi connectivity index (χ3n) is 5.04. The molecule has 1 aromatic heterocycles. The van der Waals surface area contributed by atoms with Gasteiger partial charge in [0.15, 0.2) is 12.0 Å². The Hall–Kier alpha value is -2.99. The van der Waals surface area contributed by atoms with Crippen LogP contribution in [-0.2, 0) is 30.4 Å². The van der Waals surface area contributed by atoms with Crippen molar-refractivity contribution in [3.63, 3.8) is 0 Å². The number of β-lactam (4-membered cyclic amide) rings is 1. The average molecular weight is 543 g/mol. The molecule has 186 valence electrons. The maximum Gasteiger partial charge on any atom is 0.352 e. The highest BCUT2D eigenvalue weighted by molar-refractivity contribution is 8.01. The van der Waals surface area contributed by atoms with Crippen molar-refractivity contribution < 1.29 is 37.6 Å². The summed E-state index contributed by atoms with van der Waals surface area (Å²) in [7, 11) is -4.45. The summed E-state index contributed by atoms with van der Waals surface area (Å²) >= 11 is 1.99. The molecule has 1 saturated heterocycles. The number of thioether (sulfide) groups is 2. The molecule has 0 aliphatic carbocycles. The predicted molar refractivity (Wildman–Crippen MR) is 121 cm³/mol. The number of fused-ring (bicyclic) bond motifs is 1. The first-order valence-electron chi connectivity index (χ1n) is 9.86. The number of benzene rings is 1. The molecule has 0 bridgehead atoms. The maximum atomic E-state index is 12.8. The number of nitrogens with zero attached hydrogens (tertiary/aromatic N) is 5. The number of carboxylic acids is 1. The Kier molecular flexibility index (Phi) is 7.13. The Balaban J connectivity index is 1.61. The summed E-state index contributed by atoms with van der Waals surface area (Å²) in [5.41, 5.74) is 0.159. The van der Waals surface area contributed by atoms with Crippen molar-refractivity contribution in [3.05, 3.63) is 47.2 Å². The van der Waals surface area contributed by atoms with Crippen molar-refractivity contribution >= 4 is 51.4 Å². The highest BCUT2D eigenvalue weighted by Gasteiger charge is 2.49. The molecule has 35 heavy (non-hydrogen) atoms. The number of nitrogens with one attached hydrogen (secondary N) is 1. The smallest absolute Gasteiger partial charge is 0.352 e. The Morgan fingerprint density at radius 3 is 2.63 bits per heavy atom. The van der Waals surface area contributed by atoms with Gasteiger partial charge in [0.25, 0.3) is 16.0 Å². The molecule has 14 nitrogen and oxygen atoms in total. The molecule has 17 heteroatoms. The van der Waals surface area contributed by atoms with Crippen LogP contribution in [0.4, 0.5) is 0 Å². The van der Waals surface area contributed by atoms with Crippen LogP contribution in [0.15, 0.2) is 46.8 Å². The summed E-state index contributed by atoms with van der Waals surface area (Å²) < 4.78 is 32.3. The van der Waals surface area contributed by atoms with Crippen LogP contribution in [0.2, 0.25) is 0 Å². The molecule has 3 atom stereocenters. The zero-order valence-electron chi connectivity index (χ0n) is 17.6. The molecular weight excluding hydrogens is 524 g/mol. The van der Waals surface area contributed by atoms with E-state index in [9.17, 15) is 33.0 Å². The summed E-state index contributed by atoms with van der Waals surface area (Å²) in [6.45, 7) is 0. The van der Waals surface area contributed by atoms with E-state index in [-0.39, 0.29) is 28.6 Å². The van der Waals surface area contributed by atoms with Gasteiger partial charge in [-0.2, -0.15) is 8.42 Å². The normalized spacial score (nSPS) is 20.7. The monoisotopic (exact) mass is 542 g/mol. The topological polar surface area (TPSA) is 205 Å². The van der Waals surface area contributed by atoms with Crippen LogP contribution in [0, 0.1) is 0 Å². The Morgan fingerprint density at radius 2 is 2.00 bits per heavy atom. The second kappa shape index (κ2) is 9.94. The van der Waals surface area contributed by atoms with E-state index < -0.39 is 50.6 Å². The summed E-state index contributed by atoms with van der Waals surface area (Å²) in [5, 5.41) is 32.0. The van der Waals surface area contributed by atoms with Gasteiger partial charge >= 0.3 is 5.97 Å². The molecule has 0 saturated carbocycles. The molecule has 2 aliphatic heterocycles. The lowest BCUT2D eigenvalue weighted by Crippen LogP contribution is -2.57. The van der Waals surface area contributed by atoms with E-state index in [1.807, 2.05) is 0 Å². The van der Waals surface area contributed by atoms with Crippen molar-refractivity contribution in [2.75, 3.05) is 5.75 Å². The van der Waals surface area contributed by atoms with E-state index in [2.05, 4.69) is 20.8 Å². The second-order valence-electron chi connectivity index (χ2n) is 7.40. The van der Waals surface area contributed by atoms with Gasteiger partial charge in [-0.25, -0.2) is 9.48 Å². The van der Waals surface area contributed by atoms with Gasteiger partial charge in [-0.1, -0.05) is 42.1 Å². The number of hydrogen-bond donors (Lipinski definition) is 4. The number of amides is 2. The summed E-state index contributed by atoms with van der Waals surface area (Å²) in [5.74, 6) is -3.62. The van der Waals surface area contributed by atoms with E-state index in [1.54, 1.807) is 30.3 Å². The van der Waals surface area contributed by atoms with Crippen LogP contribution < -0.4 is 5.32 Å². The lowest BCUT2D eigenvalue weighted by Gasteiger charge is -2.46. The number of rotatable bonds is 9. The first-order chi connectivity index (χ1) is 16.5. The molecular formula is C18H18N6O8S3. The predicted octanol–water partition coefficient (Wildman–Crippen LogP) is -0.570. The number of hydrogen-bond acceptors (Lipinski definition) is 11. The minimum Gasteiger partial charge on any atom is -0.477 e. The van der Waals surface area contributed by atoms with E-state index in [0.29, 0.717) is 5.56 Å². The van der Waals surface area contributed by atoms with Crippen molar-refractivity contribution in [2.45, 2.75) is 34.3 Å². The number of carboxylic acid groups (broad SMARTS) is 1. The van der Waals surface area contributed by atoms with E-state index in [4.69, 9.17) is 4.55 Å². The Bertz CT molecular complexity index is 1300. The first-order valence-corrected chi connectivity index (χ1v) is 13.4. The van der Waals surface area contributed by atoms with Crippen LogP contribution in [0.25, 0.3) is 0 Å². The highest BCUT2D eigenvalue weighted by Crippen LogP contribution is 2.44. The average Bonchev–Trinajstić information content (AvgIpc) is 3.22. The fraction of sp³-hybridized carbons (Fsp3) is 0.333. The van der Waals surface area contributed by atoms with Gasteiger partial charge in [0.05, 0.1) is 11.8 Å². The van der Waals surface area contributed by atoms with Crippen molar-refractivity contribution in [1.29, 1.82) is 0 Å². The minimum atomic E-state index is -4.45. The SMILES string of the molecule is O=C(O)C1=C(CSc2nnnn2CS(=O)(=O)O)C(NC(=O)C(O)c2ccccc2)S[C@@H]2CC(=O)N12. The number of aromatic nitrogens is 4. The Labute approximate surface area is 206 Å². The third kappa shape index (κ3) is 5.48. The molecule has 0 radical (unpaired) electrons. The van der Waals surface area contributed by atoms with Gasteiger partial charge in [0.2, 0.25) is 11.1 Å². The van der Waals surface area contributed by atoms with Gasteiger partial charge in [0.1, 0.15) is 11.1 Å². The van der Waals surface area contributed by atoms with Crippen LogP contribution in [0.5, 0.6) is 0 Å². The lowest BCUT2D eigenvalue weighted by molar-refractivity contribution is -0.146. The van der Waals surface area contributed by atoms with E-state index in [0.717, 1.165) is 33.1 Å². The number of aliphatic hydroxyl groups excluding tert-OH is 1. The van der Waals surface area contributed by atoms with Crippen molar-refractivity contribution in [1.82, 2.24) is 30.4 Å². The van der Waals surface area contributed by atoms with Crippen LogP contribution >= 0.6 is 23.5 Å². The summed E-state index contributed by atoms with van der Waals surface area (Å²) in [6.07, 6.45) is -1.43. The number of carbonyl (C=O) groups excluding carboxylic acids is 2. The van der Waals surface area contributed by atoms with Gasteiger partial charge in [-0.3, -0.25) is 19.0 Å². The maximum absolute atomic E-state index is 12.8. The van der Waals surface area contributed by atoms with E-state index >= 15 is 0 Å². The molecule has 1 aromatic carbocycles. The Morgan fingerprint density at radius 1 is 1.29 bits per heavy atom. The molecule has 2 aromatic rings. The van der Waals surface area contributed by atoms with Crippen LogP contribution in [-0.4, -0.2) is 82.6 Å². The van der Waals surface area contributed by atoms with Crippen molar-refractivity contribution in [2.24, 2.45) is 0 Å².